The van der Waals surface area contributed by atoms with Crippen molar-refractivity contribution in [3.63, 3.8) is 0 Å². The number of ketones is 1. The van der Waals surface area contributed by atoms with Crippen LogP contribution < -0.4 is 5.32 Å². The molecule has 19 heavy (non-hydrogen) atoms. The number of carbonyl (C=O) groups excluding carboxylic acids is 1. The molecule has 0 spiro atoms. The van der Waals surface area contributed by atoms with Crippen LogP contribution in [0.3, 0.4) is 0 Å². The van der Waals surface area contributed by atoms with E-state index in [1.54, 1.807) is 24.4 Å². The van der Waals surface area contributed by atoms with Gasteiger partial charge in [0, 0.05) is 11.1 Å². The van der Waals surface area contributed by atoms with Gasteiger partial charge >= 0.3 is 0 Å². The van der Waals surface area contributed by atoms with Crippen molar-refractivity contribution in [2.45, 2.75) is 0 Å². The average Bonchev–Trinajstić information content (AvgIpc) is 2.72. The third-order valence-electron chi connectivity index (χ3n) is 2.85. The standard InChI is InChI=1S/C14H6N4O/c1-2-10-14(16-7-15)18-11-8-5-3-4-6-9(8)13(19)12(11)17-10/h1,3-6H,(H,16,18). The van der Waals surface area contributed by atoms with E-state index in [1.165, 1.54) is 0 Å². The van der Waals surface area contributed by atoms with Gasteiger partial charge < -0.3 is 0 Å². The molecule has 0 unspecified atom stereocenters. The van der Waals surface area contributed by atoms with E-state index in [9.17, 15) is 4.79 Å². The summed E-state index contributed by atoms with van der Waals surface area (Å²) in [7, 11) is 0. The molecule has 1 heterocycles. The minimum absolute atomic E-state index is 0.154. The summed E-state index contributed by atoms with van der Waals surface area (Å²) >= 11 is 0. The molecule has 1 aliphatic carbocycles. The van der Waals surface area contributed by atoms with E-state index >= 15 is 0 Å². The van der Waals surface area contributed by atoms with Crippen LogP contribution in [-0.4, -0.2) is 15.8 Å². The van der Waals surface area contributed by atoms with Gasteiger partial charge in [0.1, 0.15) is 11.4 Å². The van der Waals surface area contributed by atoms with Crippen molar-refractivity contribution in [1.82, 2.24) is 9.97 Å². The van der Waals surface area contributed by atoms with Crippen molar-refractivity contribution in [1.29, 1.82) is 5.26 Å². The molecule has 1 aromatic heterocycles. The minimum Gasteiger partial charge on any atom is -0.287 e. The zero-order valence-electron chi connectivity index (χ0n) is 9.64. The number of carbonyl (C=O) groups is 1. The second-order valence-corrected chi connectivity index (χ2v) is 3.87. The first kappa shape index (κ1) is 10.9. The number of terminal acetylenes is 1. The normalized spacial score (nSPS) is 11.2. The van der Waals surface area contributed by atoms with Gasteiger partial charge in [0.2, 0.25) is 5.78 Å². The van der Waals surface area contributed by atoms with E-state index in [4.69, 9.17) is 11.7 Å². The molecule has 3 rings (SSSR count). The zero-order chi connectivity index (χ0) is 13.4. The highest BCUT2D eigenvalue weighted by molar-refractivity contribution is 6.19. The predicted octanol–water partition coefficient (Wildman–Crippen LogP) is 1.56. The molecule has 0 bridgehead atoms. The average molecular weight is 246 g/mol. The molecule has 0 saturated carbocycles. The van der Waals surface area contributed by atoms with Crippen molar-refractivity contribution in [2.75, 3.05) is 5.32 Å². The molecular formula is C14H6N4O. The third kappa shape index (κ3) is 1.46. The zero-order valence-corrected chi connectivity index (χ0v) is 9.64. The first-order valence-corrected chi connectivity index (χ1v) is 5.44. The second kappa shape index (κ2) is 3.94. The number of aromatic nitrogens is 2. The molecule has 0 radical (unpaired) electrons. The number of hydrogen-bond donors (Lipinski definition) is 1. The fraction of sp³-hybridized carbons (Fsp3) is 0. The molecule has 1 aromatic carbocycles. The van der Waals surface area contributed by atoms with Crippen molar-refractivity contribution < 1.29 is 4.79 Å². The molecule has 88 valence electrons. The Labute approximate surface area is 108 Å². The Morgan fingerprint density at radius 1 is 1.16 bits per heavy atom. The molecule has 0 aliphatic heterocycles. The van der Waals surface area contributed by atoms with E-state index < -0.39 is 0 Å². The number of anilines is 1. The molecule has 0 atom stereocenters. The van der Waals surface area contributed by atoms with Gasteiger partial charge in [-0.15, -0.1) is 6.42 Å². The van der Waals surface area contributed by atoms with Crippen molar-refractivity contribution in [3.8, 4) is 29.8 Å². The number of benzene rings is 1. The van der Waals surface area contributed by atoms with Gasteiger partial charge in [-0.3, -0.25) is 10.1 Å². The van der Waals surface area contributed by atoms with Crippen LogP contribution in [0.15, 0.2) is 24.3 Å². The van der Waals surface area contributed by atoms with E-state index in [0.29, 0.717) is 16.8 Å². The van der Waals surface area contributed by atoms with Crippen LogP contribution in [0.2, 0.25) is 0 Å². The highest BCUT2D eigenvalue weighted by Gasteiger charge is 2.30. The maximum atomic E-state index is 12.2. The van der Waals surface area contributed by atoms with Crippen molar-refractivity contribution >= 4 is 11.6 Å². The Kier molecular flexibility index (Phi) is 2.27. The third-order valence-corrected chi connectivity index (χ3v) is 2.85. The number of nitrogens with zero attached hydrogens (tertiary/aromatic N) is 3. The number of hydrogen-bond acceptors (Lipinski definition) is 5. The number of nitriles is 1. The molecule has 1 aliphatic rings. The Bertz CT molecular complexity index is 796. The second-order valence-electron chi connectivity index (χ2n) is 3.87. The molecule has 0 fully saturated rings. The molecule has 2 aromatic rings. The summed E-state index contributed by atoms with van der Waals surface area (Å²) in [6.07, 6.45) is 7.06. The maximum absolute atomic E-state index is 12.2. The summed E-state index contributed by atoms with van der Waals surface area (Å²) in [5.41, 5.74) is 2.10. The quantitative estimate of drug-likeness (QED) is 0.400. The van der Waals surface area contributed by atoms with E-state index in [0.717, 1.165) is 0 Å². The van der Waals surface area contributed by atoms with Gasteiger partial charge in [-0.2, -0.15) is 5.26 Å². The fourth-order valence-corrected chi connectivity index (χ4v) is 2.04. The lowest BCUT2D eigenvalue weighted by molar-refractivity contribution is 0.103. The SMILES string of the molecule is C#Cc1nc2c(nc1NC#N)-c1ccccc1C2=O. The highest BCUT2D eigenvalue weighted by atomic mass is 16.1. The van der Waals surface area contributed by atoms with Gasteiger partial charge in [0.05, 0.1) is 0 Å². The Morgan fingerprint density at radius 3 is 2.58 bits per heavy atom. The first-order chi connectivity index (χ1) is 9.26. The molecule has 0 amide bonds. The molecule has 5 heteroatoms. The number of fused-ring (bicyclic) bond motifs is 3. The van der Waals surface area contributed by atoms with Gasteiger partial charge in [-0.1, -0.05) is 24.3 Å². The van der Waals surface area contributed by atoms with Gasteiger partial charge in [0.25, 0.3) is 0 Å². The summed E-state index contributed by atoms with van der Waals surface area (Å²) < 4.78 is 0. The van der Waals surface area contributed by atoms with Gasteiger partial charge in [-0.05, 0) is 5.92 Å². The molecule has 1 N–H and O–H groups in total. The fourth-order valence-electron chi connectivity index (χ4n) is 2.04. The van der Waals surface area contributed by atoms with Crippen LogP contribution in [0.5, 0.6) is 0 Å². The largest absolute Gasteiger partial charge is 0.287 e. The molecule has 0 saturated heterocycles. The summed E-state index contributed by atoms with van der Waals surface area (Å²) in [5, 5.41) is 11.1. The first-order valence-electron chi connectivity index (χ1n) is 5.44. The highest BCUT2D eigenvalue weighted by Crippen LogP contribution is 2.34. The monoisotopic (exact) mass is 246 g/mol. The molecular weight excluding hydrogens is 240 g/mol. The van der Waals surface area contributed by atoms with E-state index in [-0.39, 0.29) is 23.0 Å². The lowest BCUT2D eigenvalue weighted by atomic mass is 10.1. The summed E-state index contributed by atoms with van der Waals surface area (Å²) in [5.74, 6) is 2.31. The maximum Gasteiger partial charge on any atom is 0.214 e. The number of nitrogens with one attached hydrogen (secondary N) is 1. The number of rotatable bonds is 1. The lowest BCUT2D eigenvalue weighted by Gasteiger charge is -2.03. The Hall–Kier alpha value is -3.18. The van der Waals surface area contributed by atoms with Crippen molar-refractivity contribution in [3.05, 3.63) is 41.2 Å². The summed E-state index contributed by atoms with van der Waals surface area (Å²) in [6.45, 7) is 0. The van der Waals surface area contributed by atoms with Crippen LogP contribution in [-0.2, 0) is 0 Å². The van der Waals surface area contributed by atoms with Crippen LogP contribution in [0, 0.1) is 23.8 Å². The summed E-state index contributed by atoms with van der Waals surface area (Å²) in [4.78, 5) is 20.5. The van der Waals surface area contributed by atoms with Crippen LogP contribution in [0.25, 0.3) is 11.3 Å². The topological polar surface area (TPSA) is 78.7 Å². The van der Waals surface area contributed by atoms with Gasteiger partial charge in [0.15, 0.2) is 17.7 Å². The Morgan fingerprint density at radius 2 is 1.89 bits per heavy atom. The van der Waals surface area contributed by atoms with Crippen LogP contribution in [0.4, 0.5) is 5.82 Å². The van der Waals surface area contributed by atoms with Crippen LogP contribution >= 0.6 is 0 Å². The Balaban J connectivity index is 2.31. The molecule has 5 nitrogen and oxygen atoms in total. The summed E-state index contributed by atoms with van der Waals surface area (Å²) in [6, 6.07) is 7.10. The van der Waals surface area contributed by atoms with Crippen LogP contribution in [0.1, 0.15) is 21.7 Å². The smallest absolute Gasteiger partial charge is 0.214 e. The predicted molar refractivity (Wildman–Crippen MR) is 68.1 cm³/mol. The van der Waals surface area contributed by atoms with Crippen molar-refractivity contribution in [2.24, 2.45) is 0 Å². The lowest BCUT2D eigenvalue weighted by Crippen LogP contribution is -2.05. The minimum atomic E-state index is -0.196. The van der Waals surface area contributed by atoms with Gasteiger partial charge in [-0.25, -0.2) is 9.97 Å². The van der Waals surface area contributed by atoms with E-state index in [1.807, 2.05) is 6.07 Å². The van der Waals surface area contributed by atoms with E-state index in [2.05, 4.69) is 21.2 Å².